The van der Waals surface area contributed by atoms with Crippen LogP contribution in [-0.4, -0.2) is 67.4 Å². The summed E-state index contributed by atoms with van der Waals surface area (Å²) < 4.78 is 5.00. The number of carbonyl (C=O) groups excluding carboxylic acids is 3. The lowest BCUT2D eigenvalue weighted by Gasteiger charge is -2.39. The molecular formula is C23H33N3O4. The van der Waals surface area contributed by atoms with Gasteiger partial charge in [0, 0.05) is 52.2 Å². The Morgan fingerprint density at radius 3 is 2.53 bits per heavy atom. The minimum atomic E-state index is -0.571. The van der Waals surface area contributed by atoms with Gasteiger partial charge in [0.1, 0.15) is 6.04 Å². The average Bonchev–Trinajstić information content (AvgIpc) is 2.79. The van der Waals surface area contributed by atoms with E-state index in [9.17, 15) is 14.4 Å². The van der Waals surface area contributed by atoms with E-state index < -0.39 is 6.04 Å². The van der Waals surface area contributed by atoms with Gasteiger partial charge in [0.05, 0.1) is 0 Å². The summed E-state index contributed by atoms with van der Waals surface area (Å²) in [6.45, 7) is 2.94. The molecule has 2 aliphatic heterocycles. The number of piperidine rings is 2. The molecule has 2 saturated heterocycles. The number of nitrogens with zero attached hydrogens (tertiary/aromatic N) is 2. The quantitative estimate of drug-likeness (QED) is 0.660. The molecule has 1 atom stereocenters. The molecule has 0 spiro atoms. The second-order valence-electron chi connectivity index (χ2n) is 8.09. The standard InChI is InChI=1S/C23H33N3O4/c1-30-17-7-13-24-22(28)19-11-15-25(16-12-19)23(29)21(18-8-3-2-4-9-18)26-14-6-5-10-20(26)27/h2-4,8-9,19,21H,5-7,10-17H2,1H3,(H,24,28). The van der Waals surface area contributed by atoms with Crippen LogP contribution in [0.5, 0.6) is 0 Å². The average molecular weight is 416 g/mol. The van der Waals surface area contributed by atoms with Crippen molar-refractivity contribution in [2.75, 3.05) is 39.9 Å². The molecule has 2 fully saturated rings. The number of hydrogen-bond acceptors (Lipinski definition) is 4. The highest BCUT2D eigenvalue weighted by atomic mass is 16.5. The molecule has 7 nitrogen and oxygen atoms in total. The van der Waals surface area contributed by atoms with E-state index in [1.54, 1.807) is 12.0 Å². The van der Waals surface area contributed by atoms with Crippen LogP contribution in [0, 0.1) is 5.92 Å². The van der Waals surface area contributed by atoms with Crippen LogP contribution in [-0.2, 0) is 19.1 Å². The van der Waals surface area contributed by atoms with Crippen LogP contribution in [0.15, 0.2) is 30.3 Å². The molecule has 7 heteroatoms. The highest BCUT2D eigenvalue weighted by molar-refractivity contribution is 5.89. The molecule has 1 unspecified atom stereocenters. The van der Waals surface area contributed by atoms with Crippen molar-refractivity contribution < 1.29 is 19.1 Å². The van der Waals surface area contributed by atoms with Crippen LogP contribution in [0.1, 0.15) is 50.1 Å². The molecule has 0 bridgehead atoms. The van der Waals surface area contributed by atoms with Crippen molar-refractivity contribution in [2.45, 2.75) is 44.6 Å². The minimum Gasteiger partial charge on any atom is -0.385 e. The Labute approximate surface area is 178 Å². The molecule has 3 amide bonds. The van der Waals surface area contributed by atoms with Gasteiger partial charge in [0.25, 0.3) is 0 Å². The van der Waals surface area contributed by atoms with Crippen molar-refractivity contribution in [3.8, 4) is 0 Å². The van der Waals surface area contributed by atoms with Gasteiger partial charge in [0.15, 0.2) is 0 Å². The Balaban J connectivity index is 1.62. The zero-order valence-corrected chi connectivity index (χ0v) is 17.8. The summed E-state index contributed by atoms with van der Waals surface area (Å²) in [6, 6.07) is 9.00. The van der Waals surface area contributed by atoms with E-state index >= 15 is 0 Å². The van der Waals surface area contributed by atoms with E-state index in [0.29, 0.717) is 52.0 Å². The Kier molecular flexibility index (Phi) is 8.25. The molecule has 1 aromatic rings. The summed E-state index contributed by atoms with van der Waals surface area (Å²) in [6.07, 6.45) is 4.41. The van der Waals surface area contributed by atoms with Crippen LogP contribution in [0.25, 0.3) is 0 Å². The molecular weight excluding hydrogens is 382 g/mol. The second kappa shape index (κ2) is 11.1. The lowest BCUT2D eigenvalue weighted by Crippen LogP contribution is -2.50. The van der Waals surface area contributed by atoms with E-state index in [-0.39, 0.29) is 23.6 Å². The molecule has 30 heavy (non-hydrogen) atoms. The molecule has 164 valence electrons. The van der Waals surface area contributed by atoms with Crippen LogP contribution in [0.4, 0.5) is 0 Å². The number of ether oxygens (including phenoxy) is 1. The van der Waals surface area contributed by atoms with Gasteiger partial charge in [-0.2, -0.15) is 0 Å². The SMILES string of the molecule is COCCCNC(=O)C1CCN(C(=O)C(c2ccccc2)N2CCCCC2=O)CC1. The molecule has 2 heterocycles. The Bertz CT molecular complexity index is 716. The second-order valence-corrected chi connectivity index (χ2v) is 8.09. The number of methoxy groups -OCH3 is 1. The summed E-state index contributed by atoms with van der Waals surface area (Å²) in [5, 5.41) is 2.96. The predicted molar refractivity (Wildman–Crippen MR) is 114 cm³/mol. The molecule has 1 aromatic carbocycles. The van der Waals surface area contributed by atoms with Gasteiger partial charge >= 0.3 is 0 Å². The zero-order chi connectivity index (χ0) is 21.3. The smallest absolute Gasteiger partial charge is 0.250 e. The van der Waals surface area contributed by atoms with Crippen LogP contribution < -0.4 is 5.32 Å². The van der Waals surface area contributed by atoms with E-state index in [0.717, 1.165) is 24.8 Å². The highest BCUT2D eigenvalue weighted by Crippen LogP contribution is 2.29. The van der Waals surface area contributed by atoms with E-state index in [1.165, 1.54) is 0 Å². The highest BCUT2D eigenvalue weighted by Gasteiger charge is 2.37. The van der Waals surface area contributed by atoms with Crippen molar-refractivity contribution in [1.82, 2.24) is 15.1 Å². The van der Waals surface area contributed by atoms with Crippen molar-refractivity contribution in [1.29, 1.82) is 0 Å². The molecule has 0 saturated carbocycles. The number of amides is 3. The third-order valence-corrected chi connectivity index (χ3v) is 6.02. The molecule has 2 aliphatic rings. The van der Waals surface area contributed by atoms with E-state index in [2.05, 4.69) is 5.32 Å². The molecule has 1 N–H and O–H groups in total. The number of nitrogens with one attached hydrogen (secondary N) is 1. The summed E-state index contributed by atoms with van der Waals surface area (Å²) in [4.78, 5) is 42.0. The van der Waals surface area contributed by atoms with Gasteiger partial charge in [-0.15, -0.1) is 0 Å². The number of carbonyl (C=O) groups is 3. The van der Waals surface area contributed by atoms with Gasteiger partial charge in [-0.25, -0.2) is 0 Å². The first-order valence-electron chi connectivity index (χ1n) is 11.0. The fourth-order valence-corrected chi connectivity index (χ4v) is 4.30. The van der Waals surface area contributed by atoms with Crippen LogP contribution in [0.3, 0.4) is 0 Å². The van der Waals surface area contributed by atoms with E-state index in [1.807, 2.05) is 35.2 Å². The van der Waals surface area contributed by atoms with Gasteiger partial charge in [-0.3, -0.25) is 14.4 Å². The fourth-order valence-electron chi connectivity index (χ4n) is 4.30. The monoisotopic (exact) mass is 415 g/mol. The number of rotatable bonds is 8. The summed E-state index contributed by atoms with van der Waals surface area (Å²) >= 11 is 0. The van der Waals surface area contributed by atoms with Gasteiger partial charge in [0.2, 0.25) is 17.7 Å². The third kappa shape index (κ3) is 5.59. The minimum absolute atomic E-state index is 0.0320. The van der Waals surface area contributed by atoms with Crippen LogP contribution >= 0.6 is 0 Å². The van der Waals surface area contributed by atoms with Crippen LogP contribution in [0.2, 0.25) is 0 Å². The van der Waals surface area contributed by atoms with Crippen molar-refractivity contribution in [3.05, 3.63) is 35.9 Å². The first kappa shape index (κ1) is 22.3. The predicted octanol–water partition coefficient (Wildman–Crippen LogP) is 2.13. The molecule has 0 aliphatic carbocycles. The number of likely N-dealkylation sites (tertiary alicyclic amines) is 2. The maximum atomic E-state index is 13.5. The third-order valence-electron chi connectivity index (χ3n) is 6.02. The largest absolute Gasteiger partial charge is 0.385 e. The molecule has 0 radical (unpaired) electrons. The first-order chi connectivity index (χ1) is 14.6. The Morgan fingerprint density at radius 1 is 1.13 bits per heavy atom. The van der Waals surface area contributed by atoms with Gasteiger partial charge in [-0.05, 0) is 37.7 Å². The summed E-state index contributed by atoms with van der Waals surface area (Å²) in [5.74, 6) is 0.0107. The molecule has 3 rings (SSSR count). The topological polar surface area (TPSA) is 79.0 Å². The number of hydrogen-bond donors (Lipinski definition) is 1. The van der Waals surface area contributed by atoms with E-state index in [4.69, 9.17) is 4.74 Å². The van der Waals surface area contributed by atoms with Crippen molar-refractivity contribution in [3.63, 3.8) is 0 Å². The number of benzene rings is 1. The zero-order valence-electron chi connectivity index (χ0n) is 17.8. The first-order valence-corrected chi connectivity index (χ1v) is 11.0. The van der Waals surface area contributed by atoms with Gasteiger partial charge in [-0.1, -0.05) is 30.3 Å². The summed E-state index contributed by atoms with van der Waals surface area (Å²) in [7, 11) is 1.65. The fraction of sp³-hybridized carbons (Fsp3) is 0.609. The van der Waals surface area contributed by atoms with Crippen molar-refractivity contribution >= 4 is 17.7 Å². The molecule has 0 aromatic heterocycles. The van der Waals surface area contributed by atoms with Crippen molar-refractivity contribution in [2.24, 2.45) is 5.92 Å². The lowest BCUT2D eigenvalue weighted by atomic mass is 9.94. The maximum Gasteiger partial charge on any atom is 0.250 e. The Hall–Kier alpha value is -2.41. The Morgan fingerprint density at radius 2 is 1.87 bits per heavy atom. The summed E-state index contributed by atoms with van der Waals surface area (Å²) in [5.41, 5.74) is 0.857. The maximum absolute atomic E-state index is 13.5. The normalized spacial score (nSPS) is 18.9. The lowest BCUT2D eigenvalue weighted by molar-refractivity contribution is -0.149. The van der Waals surface area contributed by atoms with Gasteiger partial charge < -0.3 is 19.9 Å².